The van der Waals surface area contributed by atoms with Crippen LogP contribution in [0, 0.1) is 0 Å². The number of carbonyl (C=O) groups is 2. The fraction of sp³-hybridized carbons (Fsp3) is 0. The fourth-order valence-corrected chi connectivity index (χ4v) is 3.67. The zero-order valence-corrected chi connectivity index (χ0v) is 14.6. The van der Waals surface area contributed by atoms with Crippen molar-refractivity contribution in [1.29, 1.82) is 0 Å². The Labute approximate surface area is 153 Å². The van der Waals surface area contributed by atoms with E-state index in [4.69, 9.17) is 29.6 Å². The van der Waals surface area contributed by atoms with Crippen molar-refractivity contribution in [3.8, 4) is 0 Å². The second kappa shape index (κ2) is 6.76. The van der Waals surface area contributed by atoms with Crippen LogP contribution >= 0.6 is 35.6 Å². The summed E-state index contributed by atoms with van der Waals surface area (Å²) in [6.45, 7) is 0. The highest BCUT2D eigenvalue weighted by molar-refractivity contribution is 8.27. The molecule has 2 amide bonds. The summed E-state index contributed by atoms with van der Waals surface area (Å²) >= 11 is 12.4. The monoisotopic (exact) mass is 374 g/mol. The van der Waals surface area contributed by atoms with E-state index in [1.165, 1.54) is 16.7 Å². The molecule has 7 heteroatoms. The lowest BCUT2D eigenvalue weighted by Crippen LogP contribution is -2.30. The predicted octanol–water partition coefficient (Wildman–Crippen LogP) is 3.84. The number of hydrogen-bond acceptors (Lipinski definition) is 4. The highest BCUT2D eigenvalue weighted by Gasteiger charge is 2.35. The second-order valence-electron chi connectivity index (χ2n) is 4.95. The van der Waals surface area contributed by atoms with E-state index in [0.717, 1.165) is 5.56 Å². The van der Waals surface area contributed by atoms with Gasteiger partial charge in [-0.2, -0.15) is 0 Å². The minimum atomic E-state index is -0.610. The van der Waals surface area contributed by atoms with Crippen LogP contribution in [0.4, 0.5) is 5.69 Å². The van der Waals surface area contributed by atoms with Gasteiger partial charge in [-0.15, -0.1) is 0 Å². The van der Waals surface area contributed by atoms with E-state index < -0.39 is 5.91 Å². The first-order chi connectivity index (χ1) is 11.5. The number of nitrogens with zero attached hydrogens (tertiary/aromatic N) is 1. The van der Waals surface area contributed by atoms with Gasteiger partial charge in [0.15, 0.2) is 4.32 Å². The van der Waals surface area contributed by atoms with Crippen LogP contribution < -0.4 is 10.6 Å². The summed E-state index contributed by atoms with van der Waals surface area (Å²) in [5.41, 5.74) is 6.87. The van der Waals surface area contributed by atoms with Gasteiger partial charge in [-0.3, -0.25) is 14.5 Å². The van der Waals surface area contributed by atoms with E-state index in [9.17, 15) is 9.59 Å². The molecule has 2 N–H and O–H groups in total. The van der Waals surface area contributed by atoms with Crippen LogP contribution in [0.15, 0.2) is 53.4 Å². The van der Waals surface area contributed by atoms with Gasteiger partial charge in [0.05, 0.1) is 16.2 Å². The highest BCUT2D eigenvalue weighted by Crippen LogP contribution is 2.37. The van der Waals surface area contributed by atoms with Gasteiger partial charge in [0.1, 0.15) is 0 Å². The molecule has 3 rings (SSSR count). The first-order valence-electron chi connectivity index (χ1n) is 6.90. The Morgan fingerprint density at radius 3 is 2.50 bits per heavy atom. The van der Waals surface area contributed by atoms with Gasteiger partial charge in [0.2, 0.25) is 0 Å². The Hall–Kier alpha value is -2.15. The molecule has 1 heterocycles. The van der Waals surface area contributed by atoms with Crippen LogP contribution in [0.25, 0.3) is 6.08 Å². The third kappa shape index (κ3) is 3.21. The number of hydrogen-bond donors (Lipinski definition) is 1. The van der Waals surface area contributed by atoms with Gasteiger partial charge in [-0.05, 0) is 35.9 Å². The van der Waals surface area contributed by atoms with Crippen molar-refractivity contribution in [2.24, 2.45) is 5.73 Å². The van der Waals surface area contributed by atoms with Crippen LogP contribution in [0.1, 0.15) is 15.9 Å². The minimum Gasteiger partial charge on any atom is -0.366 e. The maximum atomic E-state index is 12.7. The van der Waals surface area contributed by atoms with Crippen molar-refractivity contribution in [3.63, 3.8) is 0 Å². The van der Waals surface area contributed by atoms with Crippen LogP contribution in [-0.2, 0) is 4.79 Å². The maximum absolute atomic E-state index is 12.7. The van der Waals surface area contributed by atoms with Crippen molar-refractivity contribution >= 4 is 63.5 Å². The summed E-state index contributed by atoms with van der Waals surface area (Å²) in [4.78, 5) is 26.1. The van der Waals surface area contributed by atoms with Crippen molar-refractivity contribution in [2.45, 2.75) is 0 Å². The number of amides is 2. The van der Waals surface area contributed by atoms with Gasteiger partial charge in [-0.25, -0.2) is 0 Å². The topological polar surface area (TPSA) is 63.4 Å². The standard InChI is InChI=1S/C17H11ClN2O2S2/c18-11-7-5-10(6-8-11)9-14-16(22)20(17(23)24-14)13-4-2-1-3-12(13)15(19)21/h1-9H,(H2,19,21)/b14-9-. The number of thioether (sulfide) groups is 1. The highest BCUT2D eigenvalue weighted by atomic mass is 35.5. The summed E-state index contributed by atoms with van der Waals surface area (Å²) < 4.78 is 0.355. The molecular weight excluding hydrogens is 364 g/mol. The molecular formula is C17H11ClN2O2S2. The number of thiocarbonyl (C=S) groups is 1. The summed E-state index contributed by atoms with van der Waals surface area (Å²) in [6.07, 6.45) is 1.74. The Kier molecular flexibility index (Phi) is 4.71. The number of primary amides is 1. The van der Waals surface area contributed by atoms with E-state index in [1.54, 1.807) is 42.5 Å². The second-order valence-corrected chi connectivity index (χ2v) is 7.06. The first kappa shape index (κ1) is 16.7. The fourth-order valence-electron chi connectivity index (χ4n) is 2.26. The molecule has 1 aliphatic rings. The molecule has 24 heavy (non-hydrogen) atoms. The number of para-hydroxylation sites is 1. The van der Waals surface area contributed by atoms with Gasteiger partial charge in [-0.1, -0.05) is 59.8 Å². The largest absolute Gasteiger partial charge is 0.366 e. The molecule has 120 valence electrons. The molecule has 0 spiro atoms. The number of nitrogens with two attached hydrogens (primary N) is 1. The van der Waals surface area contributed by atoms with E-state index in [2.05, 4.69) is 0 Å². The number of benzene rings is 2. The third-order valence-corrected chi connectivity index (χ3v) is 4.93. The molecule has 0 aromatic heterocycles. The molecule has 0 unspecified atom stereocenters. The minimum absolute atomic E-state index is 0.251. The van der Waals surface area contributed by atoms with Gasteiger partial charge in [0, 0.05) is 5.02 Å². The molecule has 0 atom stereocenters. The Balaban J connectivity index is 1.98. The molecule has 0 bridgehead atoms. The average Bonchev–Trinajstić information content (AvgIpc) is 2.83. The van der Waals surface area contributed by atoms with Gasteiger partial charge < -0.3 is 5.73 Å². The molecule has 2 aromatic carbocycles. The molecule has 0 aliphatic carbocycles. The molecule has 0 saturated carbocycles. The van der Waals surface area contributed by atoms with Crippen molar-refractivity contribution < 1.29 is 9.59 Å². The van der Waals surface area contributed by atoms with Crippen molar-refractivity contribution in [3.05, 3.63) is 69.6 Å². The lowest BCUT2D eigenvalue weighted by molar-refractivity contribution is -0.113. The first-order valence-corrected chi connectivity index (χ1v) is 8.50. The van der Waals surface area contributed by atoms with Crippen LogP contribution in [0.3, 0.4) is 0 Å². The molecule has 2 aromatic rings. The average molecular weight is 375 g/mol. The Morgan fingerprint density at radius 2 is 1.83 bits per heavy atom. The molecule has 1 fully saturated rings. The van der Waals surface area contributed by atoms with Crippen LogP contribution in [0.2, 0.25) is 5.02 Å². The third-order valence-electron chi connectivity index (χ3n) is 3.37. The van der Waals surface area contributed by atoms with E-state index in [-0.39, 0.29) is 11.5 Å². The molecule has 4 nitrogen and oxygen atoms in total. The van der Waals surface area contributed by atoms with E-state index in [0.29, 0.717) is 19.9 Å². The molecule has 1 aliphatic heterocycles. The normalized spacial score (nSPS) is 16.0. The SMILES string of the molecule is NC(=O)c1ccccc1N1C(=O)/C(=C/c2ccc(Cl)cc2)SC1=S. The van der Waals surface area contributed by atoms with Crippen LogP contribution in [-0.4, -0.2) is 16.1 Å². The smallest absolute Gasteiger partial charge is 0.270 e. The van der Waals surface area contributed by atoms with Crippen molar-refractivity contribution in [2.75, 3.05) is 4.90 Å². The number of rotatable bonds is 3. The zero-order valence-electron chi connectivity index (χ0n) is 12.2. The molecule has 1 saturated heterocycles. The summed E-state index contributed by atoms with van der Waals surface area (Å²) in [6, 6.07) is 13.7. The summed E-state index contributed by atoms with van der Waals surface area (Å²) in [5.74, 6) is -0.894. The van der Waals surface area contributed by atoms with E-state index >= 15 is 0 Å². The lowest BCUT2D eigenvalue weighted by Gasteiger charge is -2.17. The van der Waals surface area contributed by atoms with E-state index in [1.807, 2.05) is 12.1 Å². The number of halogens is 1. The number of carbonyl (C=O) groups excluding carboxylic acids is 2. The van der Waals surface area contributed by atoms with Crippen LogP contribution in [0.5, 0.6) is 0 Å². The number of anilines is 1. The zero-order chi connectivity index (χ0) is 17.3. The summed E-state index contributed by atoms with van der Waals surface area (Å²) in [7, 11) is 0. The van der Waals surface area contributed by atoms with Gasteiger partial charge >= 0.3 is 0 Å². The quantitative estimate of drug-likeness (QED) is 0.654. The van der Waals surface area contributed by atoms with Gasteiger partial charge in [0.25, 0.3) is 11.8 Å². The Morgan fingerprint density at radius 1 is 1.17 bits per heavy atom. The lowest BCUT2D eigenvalue weighted by atomic mass is 10.1. The predicted molar refractivity (Wildman–Crippen MR) is 102 cm³/mol. The maximum Gasteiger partial charge on any atom is 0.270 e. The summed E-state index contributed by atoms with van der Waals surface area (Å²) in [5, 5.41) is 0.620. The molecule has 0 radical (unpaired) electrons. The van der Waals surface area contributed by atoms with Crippen molar-refractivity contribution in [1.82, 2.24) is 0 Å². The Bertz CT molecular complexity index is 878.